The Morgan fingerprint density at radius 2 is 1.31 bits per heavy atom. The highest BCUT2D eigenvalue weighted by Crippen LogP contribution is 2.29. The summed E-state index contributed by atoms with van der Waals surface area (Å²) in [5, 5.41) is 1.28. The summed E-state index contributed by atoms with van der Waals surface area (Å²) in [5.41, 5.74) is 3.68. The van der Waals surface area contributed by atoms with Crippen molar-refractivity contribution in [3.63, 3.8) is 0 Å². The van der Waals surface area contributed by atoms with Crippen LogP contribution in [-0.4, -0.2) is 0 Å². The Morgan fingerprint density at radius 1 is 0.667 bits per heavy atom. The van der Waals surface area contributed by atoms with E-state index >= 15 is 4.39 Å². The van der Waals surface area contributed by atoms with E-state index in [-0.39, 0.29) is 5.82 Å². The lowest BCUT2D eigenvalue weighted by Gasteiger charge is -2.09. The van der Waals surface area contributed by atoms with Gasteiger partial charge < -0.3 is 0 Å². The average Bonchev–Trinajstić information content (AvgIpc) is 2.88. The summed E-state index contributed by atoms with van der Waals surface area (Å²) >= 11 is 0. The SMILES string of the molecule is CCCCCc1ccc(C#Cc2ccc3c(F)c(CCc4ccc(C(F)(F)F)cc4)ccc3c2)cc1. The molecule has 0 N–H and O–H groups in total. The Hall–Kier alpha value is -3.58. The number of hydrogen-bond acceptors (Lipinski definition) is 0. The van der Waals surface area contributed by atoms with Gasteiger partial charge in [-0.25, -0.2) is 4.39 Å². The Balaban J connectivity index is 1.43. The van der Waals surface area contributed by atoms with Gasteiger partial charge in [0.25, 0.3) is 0 Å². The monoisotopic (exact) mass is 488 g/mol. The number of halogens is 4. The van der Waals surface area contributed by atoms with Gasteiger partial charge in [0.2, 0.25) is 0 Å². The highest BCUT2D eigenvalue weighted by atomic mass is 19.4. The highest BCUT2D eigenvalue weighted by molar-refractivity contribution is 5.85. The van der Waals surface area contributed by atoms with Crippen LogP contribution in [0.15, 0.2) is 78.9 Å². The fraction of sp³-hybridized carbons (Fsp3) is 0.250. The zero-order chi connectivity index (χ0) is 25.5. The van der Waals surface area contributed by atoms with E-state index in [0.29, 0.717) is 23.8 Å². The predicted molar refractivity (Wildman–Crippen MR) is 138 cm³/mol. The van der Waals surface area contributed by atoms with E-state index in [1.54, 1.807) is 12.1 Å². The molecule has 4 heteroatoms. The van der Waals surface area contributed by atoms with E-state index in [1.165, 1.54) is 37.0 Å². The van der Waals surface area contributed by atoms with Gasteiger partial charge in [-0.1, -0.05) is 74.1 Å². The standard InChI is InChI=1S/C32H28F4/c1-2-3-4-5-23-6-8-24(9-7-23)10-11-26-15-21-30-28(22-26)18-17-27(31(30)33)16-12-25-13-19-29(20-14-25)32(34,35)36/h6-9,13-15,17-22H,2-5,12,16H2,1H3. The second-order valence-electron chi connectivity index (χ2n) is 9.07. The molecule has 0 radical (unpaired) electrons. The molecule has 0 heterocycles. The van der Waals surface area contributed by atoms with E-state index < -0.39 is 11.7 Å². The molecule has 4 aromatic rings. The van der Waals surface area contributed by atoms with E-state index in [4.69, 9.17) is 0 Å². The Labute approximate surface area is 210 Å². The second-order valence-corrected chi connectivity index (χ2v) is 9.07. The molecule has 0 aromatic heterocycles. The van der Waals surface area contributed by atoms with Crippen molar-refractivity contribution in [3.05, 3.63) is 118 Å². The summed E-state index contributed by atoms with van der Waals surface area (Å²) in [6.45, 7) is 2.20. The quantitative estimate of drug-likeness (QED) is 0.138. The minimum atomic E-state index is -4.36. The van der Waals surface area contributed by atoms with Gasteiger partial charge in [-0.15, -0.1) is 0 Å². The summed E-state index contributed by atoms with van der Waals surface area (Å²) in [6.07, 6.45) is 1.25. The van der Waals surface area contributed by atoms with Gasteiger partial charge in [-0.05, 0) is 84.2 Å². The molecule has 0 fully saturated rings. The number of alkyl halides is 3. The van der Waals surface area contributed by atoms with Crippen LogP contribution in [0.2, 0.25) is 0 Å². The molecule has 0 amide bonds. The Morgan fingerprint density at radius 3 is 2.00 bits per heavy atom. The Bertz CT molecular complexity index is 1370. The molecular formula is C32H28F4. The van der Waals surface area contributed by atoms with Crippen LogP contribution < -0.4 is 0 Å². The number of benzene rings is 4. The van der Waals surface area contributed by atoms with E-state index in [1.807, 2.05) is 30.3 Å². The molecule has 4 rings (SSSR count). The van der Waals surface area contributed by atoms with Crippen molar-refractivity contribution in [1.29, 1.82) is 0 Å². The van der Waals surface area contributed by atoms with Crippen molar-refractivity contribution in [1.82, 2.24) is 0 Å². The lowest BCUT2D eigenvalue weighted by molar-refractivity contribution is -0.137. The molecule has 4 aromatic carbocycles. The zero-order valence-corrected chi connectivity index (χ0v) is 20.3. The maximum atomic E-state index is 15.1. The molecule has 0 nitrogen and oxygen atoms in total. The van der Waals surface area contributed by atoms with Crippen LogP contribution >= 0.6 is 0 Å². The molecule has 0 aliphatic rings. The topological polar surface area (TPSA) is 0 Å². The number of fused-ring (bicyclic) bond motifs is 1. The van der Waals surface area contributed by atoms with Gasteiger partial charge in [-0.3, -0.25) is 0 Å². The van der Waals surface area contributed by atoms with Crippen LogP contribution in [0.1, 0.15) is 59.6 Å². The minimum Gasteiger partial charge on any atom is -0.206 e. The number of aryl methyl sites for hydroxylation is 3. The molecule has 0 spiro atoms. The molecule has 0 atom stereocenters. The first-order valence-corrected chi connectivity index (χ1v) is 12.3. The van der Waals surface area contributed by atoms with Crippen LogP contribution in [-0.2, 0) is 25.4 Å². The number of rotatable bonds is 7. The molecule has 0 unspecified atom stereocenters. The third-order valence-electron chi connectivity index (χ3n) is 6.37. The first-order chi connectivity index (χ1) is 17.3. The fourth-order valence-corrected chi connectivity index (χ4v) is 4.23. The lowest BCUT2D eigenvalue weighted by Crippen LogP contribution is -2.04. The average molecular weight is 489 g/mol. The van der Waals surface area contributed by atoms with Crippen molar-refractivity contribution < 1.29 is 17.6 Å². The Kier molecular flexibility index (Phi) is 8.10. The van der Waals surface area contributed by atoms with E-state index in [0.717, 1.165) is 40.6 Å². The second kappa shape index (κ2) is 11.4. The van der Waals surface area contributed by atoms with Crippen LogP contribution in [0.5, 0.6) is 0 Å². The summed E-state index contributed by atoms with van der Waals surface area (Å²) in [7, 11) is 0. The largest absolute Gasteiger partial charge is 0.416 e. The van der Waals surface area contributed by atoms with E-state index in [2.05, 4.69) is 30.9 Å². The van der Waals surface area contributed by atoms with Crippen molar-refractivity contribution in [2.45, 2.75) is 51.6 Å². The fourth-order valence-electron chi connectivity index (χ4n) is 4.23. The smallest absolute Gasteiger partial charge is 0.206 e. The lowest BCUT2D eigenvalue weighted by atomic mass is 9.98. The highest BCUT2D eigenvalue weighted by Gasteiger charge is 2.29. The molecule has 0 saturated carbocycles. The van der Waals surface area contributed by atoms with Crippen molar-refractivity contribution in [2.24, 2.45) is 0 Å². The summed E-state index contributed by atoms with van der Waals surface area (Å²) in [5.74, 6) is 6.06. The normalized spacial score (nSPS) is 11.4. The van der Waals surface area contributed by atoms with Gasteiger partial charge in [0.1, 0.15) is 5.82 Å². The van der Waals surface area contributed by atoms with Crippen LogP contribution in [0.3, 0.4) is 0 Å². The van der Waals surface area contributed by atoms with Gasteiger partial charge in [0.05, 0.1) is 5.56 Å². The maximum Gasteiger partial charge on any atom is 0.416 e. The number of hydrogen-bond donors (Lipinski definition) is 0. The zero-order valence-electron chi connectivity index (χ0n) is 20.3. The van der Waals surface area contributed by atoms with Gasteiger partial charge in [-0.2, -0.15) is 13.2 Å². The molecule has 184 valence electrons. The van der Waals surface area contributed by atoms with Crippen LogP contribution in [0.25, 0.3) is 10.8 Å². The first kappa shape index (κ1) is 25.5. The molecule has 0 aliphatic heterocycles. The van der Waals surface area contributed by atoms with Gasteiger partial charge in [0.15, 0.2) is 0 Å². The van der Waals surface area contributed by atoms with Gasteiger partial charge >= 0.3 is 6.18 Å². The molecule has 0 saturated heterocycles. The van der Waals surface area contributed by atoms with Crippen LogP contribution in [0.4, 0.5) is 17.6 Å². The first-order valence-electron chi connectivity index (χ1n) is 12.3. The third-order valence-corrected chi connectivity index (χ3v) is 6.37. The molecular weight excluding hydrogens is 460 g/mol. The maximum absolute atomic E-state index is 15.1. The molecule has 0 bridgehead atoms. The number of unbranched alkanes of at least 4 members (excludes halogenated alkanes) is 2. The van der Waals surface area contributed by atoms with Crippen molar-refractivity contribution in [3.8, 4) is 11.8 Å². The predicted octanol–water partition coefficient (Wildman–Crippen LogP) is 8.92. The molecule has 36 heavy (non-hydrogen) atoms. The summed E-state index contributed by atoms with van der Waals surface area (Å²) in [4.78, 5) is 0. The van der Waals surface area contributed by atoms with E-state index in [9.17, 15) is 13.2 Å². The van der Waals surface area contributed by atoms with Gasteiger partial charge in [0, 0.05) is 16.5 Å². The summed E-state index contributed by atoms with van der Waals surface area (Å²) in [6, 6.07) is 22.4. The minimum absolute atomic E-state index is 0.294. The van der Waals surface area contributed by atoms with Crippen molar-refractivity contribution >= 4 is 10.8 Å². The van der Waals surface area contributed by atoms with Crippen molar-refractivity contribution in [2.75, 3.05) is 0 Å². The van der Waals surface area contributed by atoms with Crippen LogP contribution in [0, 0.1) is 17.7 Å². The third kappa shape index (κ3) is 6.55. The summed E-state index contributed by atoms with van der Waals surface area (Å²) < 4.78 is 53.4. The molecule has 0 aliphatic carbocycles.